The topological polar surface area (TPSA) is 71.2 Å². The summed E-state index contributed by atoms with van der Waals surface area (Å²) in [6.07, 6.45) is 5.86. The second-order valence-corrected chi connectivity index (χ2v) is 10.8. The lowest BCUT2D eigenvalue weighted by molar-refractivity contribution is 0.0939. The average Bonchev–Trinajstić information content (AvgIpc) is 3.59. The highest BCUT2D eigenvalue weighted by Gasteiger charge is 2.23. The Balaban J connectivity index is 1.42. The van der Waals surface area contributed by atoms with Crippen LogP contribution >= 0.6 is 0 Å². The van der Waals surface area contributed by atoms with Crippen LogP contribution in [0.25, 0.3) is 22.4 Å². The Kier molecular flexibility index (Phi) is 7.57. The second-order valence-electron chi connectivity index (χ2n) is 10.8. The molecule has 1 aliphatic rings. The summed E-state index contributed by atoms with van der Waals surface area (Å²) in [5.74, 6) is -0.0624. The maximum Gasteiger partial charge on any atom is 0.252 e. The van der Waals surface area contributed by atoms with Gasteiger partial charge in [-0.05, 0) is 87.8 Å². The summed E-state index contributed by atoms with van der Waals surface area (Å²) >= 11 is 0. The smallest absolute Gasteiger partial charge is 0.252 e. The first-order valence-corrected chi connectivity index (χ1v) is 13.8. The fourth-order valence-corrected chi connectivity index (χ4v) is 5.17. The Bertz CT molecular complexity index is 1470. The molecule has 4 aromatic rings. The van der Waals surface area contributed by atoms with Gasteiger partial charge in [0, 0.05) is 74.0 Å². The van der Waals surface area contributed by atoms with E-state index in [4.69, 9.17) is 5.10 Å². The van der Waals surface area contributed by atoms with Crippen LogP contribution in [0, 0.1) is 6.92 Å². The highest BCUT2D eigenvalue weighted by Crippen LogP contribution is 2.30. The van der Waals surface area contributed by atoms with E-state index in [1.54, 1.807) is 4.68 Å². The van der Waals surface area contributed by atoms with Crippen molar-refractivity contribution in [1.82, 2.24) is 29.8 Å². The molecule has 1 amide bonds. The van der Waals surface area contributed by atoms with Crippen molar-refractivity contribution in [3.63, 3.8) is 0 Å². The lowest BCUT2D eigenvalue weighted by Crippen LogP contribution is -2.50. The van der Waals surface area contributed by atoms with E-state index in [1.165, 1.54) is 0 Å². The van der Waals surface area contributed by atoms with Gasteiger partial charge >= 0.3 is 0 Å². The molecule has 2 aromatic heterocycles. The molecule has 0 spiro atoms. The van der Waals surface area contributed by atoms with Crippen molar-refractivity contribution < 1.29 is 4.79 Å². The summed E-state index contributed by atoms with van der Waals surface area (Å²) in [7, 11) is 4.08. The maximum atomic E-state index is 13.6. The number of likely N-dealkylation sites (N-methyl/N-ethyl adjacent to an activating group) is 1. The van der Waals surface area contributed by atoms with E-state index in [9.17, 15) is 4.79 Å². The molecule has 1 saturated heterocycles. The van der Waals surface area contributed by atoms with E-state index in [2.05, 4.69) is 71.4 Å². The molecule has 0 saturated carbocycles. The number of piperazine rings is 1. The summed E-state index contributed by atoms with van der Waals surface area (Å²) in [6.45, 7) is 12.1. The quantitative estimate of drug-likeness (QED) is 0.371. The van der Waals surface area contributed by atoms with E-state index in [0.29, 0.717) is 6.04 Å². The third-order valence-electron chi connectivity index (χ3n) is 7.89. The normalized spacial score (nSPS) is 16.9. The van der Waals surface area contributed by atoms with Crippen LogP contribution in [0.3, 0.4) is 0 Å². The van der Waals surface area contributed by atoms with E-state index in [0.717, 1.165) is 70.9 Å². The van der Waals surface area contributed by atoms with E-state index in [1.807, 2.05) is 56.3 Å². The molecule has 1 aliphatic heterocycles. The zero-order chi connectivity index (χ0) is 27.7. The summed E-state index contributed by atoms with van der Waals surface area (Å²) in [6, 6.07) is 14.9. The number of aromatic nitrogens is 4. The lowest BCUT2D eigenvalue weighted by atomic mass is 9.96. The number of rotatable bonds is 7. The second kappa shape index (κ2) is 11.1. The van der Waals surface area contributed by atoms with Crippen molar-refractivity contribution in [3.8, 4) is 22.4 Å². The average molecular weight is 526 g/mol. The molecule has 2 atom stereocenters. The van der Waals surface area contributed by atoms with Gasteiger partial charge in [0.05, 0.1) is 17.9 Å². The van der Waals surface area contributed by atoms with Gasteiger partial charge in [0.25, 0.3) is 5.91 Å². The zero-order valence-electron chi connectivity index (χ0n) is 23.8. The molecule has 0 aliphatic carbocycles. The first-order valence-electron chi connectivity index (χ1n) is 13.8. The maximum absolute atomic E-state index is 13.6. The first kappa shape index (κ1) is 26.7. The first-order chi connectivity index (χ1) is 18.7. The van der Waals surface area contributed by atoms with E-state index in [-0.39, 0.29) is 11.9 Å². The van der Waals surface area contributed by atoms with Crippen LogP contribution in [0.5, 0.6) is 0 Å². The minimum atomic E-state index is -0.201. The molecule has 0 unspecified atom stereocenters. The number of hydrogen-bond donors (Lipinski definition) is 1. The number of benzene rings is 2. The Hall–Kier alpha value is -3.91. The number of nitrogens with one attached hydrogen (secondary N) is 1. The molecule has 39 heavy (non-hydrogen) atoms. The van der Waals surface area contributed by atoms with Gasteiger partial charge < -0.3 is 15.1 Å². The largest absolute Gasteiger partial charge is 0.369 e. The number of carbonyl (C=O) groups is 1. The highest BCUT2D eigenvalue weighted by atomic mass is 16.1. The van der Waals surface area contributed by atoms with Crippen molar-refractivity contribution in [2.45, 2.75) is 46.3 Å². The van der Waals surface area contributed by atoms with Crippen LogP contribution < -0.4 is 10.2 Å². The molecule has 8 nitrogen and oxygen atoms in total. The minimum absolute atomic E-state index is 0.0624. The Labute approximate surface area is 231 Å². The van der Waals surface area contributed by atoms with Crippen LogP contribution in [0.1, 0.15) is 48.3 Å². The van der Waals surface area contributed by atoms with Crippen LogP contribution in [-0.2, 0) is 13.6 Å². The summed E-state index contributed by atoms with van der Waals surface area (Å²) in [5, 5.41) is 12.4. The van der Waals surface area contributed by atoms with Crippen LogP contribution in [0.15, 0.2) is 61.1 Å². The molecular weight excluding hydrogens is 486 g/mol. The van der Waals surface area contributed by atoms with Crippen molar-refractivity contribution in [1.29, 1.82) is 0 Å². The molecule has 1 N–H and O–H groups in total. The molecule has 1 fully saturated rings. The van der Waals surface area contributed by atoms with Gasteiger partial charge in [-0.2, -0.15) is 10.2 Å². The minimum Gasteiger partial charge on any atom is -0.369 e. The molecule has 0 radical (unpaired) electrons. The Morgan fingerprint density at radius 3 is 2.56 bits per heavy atom. The number of carbonyl (C=O) groups excluding carboxylic acids is 1. The van der Waals surface area contributed by atoms with Crippen LogP contribution in [0.2, 0.25) is 0 Å². The molecule has 0 bridgehead atoms. The van der Waals surface area contributed by atoms with Crippen LogP contribution in [-0.4, -0.2) is 63.1 Å². The molecule has 2 aromatic carbocycles. The van der Waals surface area contributed by atoms with E-state index >= 15 is 0 Å². The van der Waals surface area contributed by atoms with Gasteiger partial charge in [0.2, 0.25) is 0 Å². The molecule has 204 valence electrons. The third-order valence-corrected chi connectivity index (χ3v) is 7.89. The molecular formula is C31H39N7O. The number of aryl methyl sites for hydroxylation is 3. The molecule has 5 rings (SSSR count). The highest BCUT2D eigenvalue weighted by molar-refractivity contribution is 5.97. The van der Waals surface area contributed by atoms with Gasteiger partial charge in [-0.25, -0.2) is 0 Å². The molecule has 3 heterocycles. The molecule has 8 heteroatoms. The Morgan fingerprint density at radius 1 is 1.08 bits per heavy atom. The Morgan fingerprint density at radius 2 is 1.87 bits per heavy atom. The van der Waals surface area contributed by atoms with Gasteiger partial charge in [-0.3, -0.25) is 14.2 Å². The standard InChI is InChI=1S/C31H39N7O/c1-7-38-11-10-30(34-38)26-15-24(14-25(16-26)27-18-32-36(6)20-27)23(4)33-31(39)29-17-28(9-8-21(29)2)37-13-12-35(5)22(3)19-37/h8-11,14-18,20,22-23H,7,12-13,19H2,1-6H3,(H,33,39)/t22-,23-/m1/s1. The number of anilines is 1. The number of amides is 1. The summed E-state index contributed by atoms with van der Waals surface area (Å²) in [4.78, 5) is 18.3. The van der Waals surface area contributed by atoms with Crippen molar-refractivity contribution in [2.75, 3.05) is 31.6 Å². The predicted molar refractivity (Wildman–Crippen MR) is 157 cm³/mol. The fraction of sp³-hybridized carbons (Fsp3) is 0.387. The summed E-state index contributed by atoms with van der Waals surface area (Å²) < 4.78 is 3.73. The fourth-order valence-electron chi connectivity index (χ4n) is 5.17. The SMILES string of the molecule is CCn1ccc(-c2cc(-c3cnn(C)c3)cc([C@@H](C)NC(=O)c3cc(N4CCN(C)[C@H](C)C4)ccc3C)c2)n1. The van der Waals surface area contributed by atoms with Crippen molar-refractivity contribution >= 4 is 11.6 Å². The number of nitrogens with zero attached hydrogens (tertiary/aromatic N) is 6. The zero-order valence-corrected chi connectivity index (χ0v) is 23.8. The van der Waals surface area contributed by atoms with Gasteiger partial charge in [-0.15, -0.1) is 0 Å². The summed E-state index contributed by atoms with van der Waals surface area (Å²) in [5.41, 5.74) is 7.81. The number of hydrogen-bond acceptors (Lipinski definition) is 5. The lowest BCUT2D eigenvalue weighted by Gasteiger charge is -2.39. The van der Waals surface area contributed by atoms with Crippen molar-refractivity contribution in [3.05, 3.63) is 77.7 Å². The van der Waals surface area contributed by atoms with Crippen molar-refractivity contribution in [2.24, 2.45) is 7.05 Å². The third kappa shape index (κ3) is 5.76. The van der Waals surface area contributed by atoms with Gasteiger partial charge in [0.1, 0.15) is 0 Å². The van der Waals surface area contributed by atoms with E-state index < -0.39 is 0 Å². The monoisotopic (exact) mass is 525 g/mol. The predicted octanol–water partition coefficient (Wildman–Crippen LogP) is 4.91. The van der Waals surface area contributed by atoms with Crippen LogP contribution in [0.4, 0.5) is 5.69 Å². The van der Waals surface area contributed by atoms with Gasteiger partial charge in [-0.1, -0.05) is 6.07 Å². The van der Waals surface area contributed by atoms with Gasteiger partial charge in [0.15, 0.2) is 0 Å².